The Morgan fingerprint density at radius 3 is 0.914 bits per heavy atom. The molecule has 0 bridgehead atoms. The van der Waals surface area contributed by atoms with E-state index in [0.29, 0.717) is 17.4 Å². The van der Waals surface area contributed by atoms with Gasteiger partial charge in [-0.15, -0.1) is 0 Å². The zero-order valence-corrected chi connectivity index (χ0v) is 48.4. The van der Waals surface area contributed by atoms with Gasteiger partial charge in [0.25, 0.3) is 0 Å². The van der Waals surface area contributed by atoms with Crippen molar-refractivity contribution in [3.63, 3.8) is 0 Å². The van der Waals surface area contributed by atoms with Gasteiger partial charge in [-0.1, -0.05) is 296 Å². The molecule has 9 nitrogen and oxygen atoms in total. The summed E-state index contributed by atoms with van der Waals surface area (Å²) >= 11 is 0. The van der Waals surface area contributed by atoms with Crippen molar-refractivity contribution >= 4 is 19.8 Å². The average molecular weight is 1020 g/mol. The van der Waals surface area contributed by atoms with Gasteiger partial charge in [-0.05, 0) is 12.8 Å². The number of hydrogen-bond donors (Lipinski definition) is 1. The number of unbranched alkanes of at least 4 members (excludes halogenated alkanes) is 44. The van der Waals surface area contributed by atoms with E-state index in [9.17, 15) is 19.0 Å². The van der Waals surface area contributed by atoms with Gasteiger partial charge in [0.2, 0.25) is 0 Å². The fraction of sp³-hybridized carbons (Fsp3) is 0.967. The number of ether oxygens (including phenoxy) is 2. The molecule has 0 heterocycles. The molecule has 0 aliphatic carbocycles. The molecule has 2 unspecified atom stereocenters. The Hall–Kier alpha value is -0.990. The molecule has 0 aromatic heterocycles. The van der Waals surface area contributed by atoms with E-state index in [1.165, 1.54) is 257 Å². The molecule has 0 saturated carbocycles. The van der Waals surface area contributed by atoms with Crippen molar-refractivity contribution in [1.29, 1.82) is 0 Å². The maximum Gasteiger partial charge on any atom is 0.472 e. The minimum absolute atomic E-state index is 0.0375. The number of rotatable bonds is 58. The van der Waals surface area contributed by atoms with Gasteiger partial charge in [0.1, 0.15) is 19.8 Å². The standard InChI is InChI=1S/C60H120NO8P/c1-6-8-10-12-14-16-18-20-22-24-26-28-29-30-31-32-33-35-37-39-41-43-45-47-49-51-53-60(63)69-58(57-68-70(64,65)67-55-54-61(3,4)5)56-66-59(62)52-50-48-46-44-42-40-38-36-34-27-25-23-21-19-17-15-13-11-9-7-2/h58H,6-57H2,1-5H3/p+1. The lowest BCUT2D eigenvalue weighted by Crippen LogP contribution is -2.37. The van der Waals surface area contributed by atoms with Crippen LogP contribution in [0.25, 0.3) is 0 Å². The zero-order chi connectivity index (χ0) is 51.3. The predicted molar refractivity (Wildman–Crippen MR) is 298 cm³/mol. The molecule has 0 radical (unpaired) electrons. The van der Waals surface area contributed by atoms with Crippen molar-refractivity contribution in [2.75, 3.05) is 47.5 Å². The molecule has 0 aliphatic rings. The van der Waals surface area contributed by atoms with E-state index in [1.54, 1.807) is 0 Å². The number of carbonyl (C=O) groups is 2. The van der Waals surface area contributed by atoms with Gasteiger partial charge in [-0.2, -0.15) is 0 Å². The Kier molecular flexibility index (Phi) is 52.1. The SMILES string of the molecule is CCCCCCCCCCCCCCCCCCCCCCCCCCCCC(=O)OC(COC(=O)CCCCCCCCCCCCCCCCCCCCCC)COP(=O)(O)OCC[N+](C)(C)C. The van der Waals surface area contributed by atoms with Crippen molar-refractivity contribution in [2.45, 2.75) is 328 Å². The number of nitrogens with zero attached hydrogens (tertiary/aromatic N) is 1. The zero-order valence-electron chi connectivity index (χ0n) is 47.5. The summed E-state index contributed by atoms with van der Waals surface area (Å²) in [7, 11) is 1.50. The Morgan fingerprint density at radius 2 is 0.643 bits per heavy atom. The van der Waals surface area contributed by atoms with E-state index >= 15 is 0 Å². The van der Waals surface area contributed by atoms with E-state index < -0.39 is 26.5 Å². The molecule has 0 aromatic carbocycles. The molecule has 0 amide bonds. The fourth-order valence-electron chi connectivity index (χ4n) is 9.37. The topological polar surface area (TPSA) is 108 Å². The normalized spacial score (nSPS) is 13.2. The van der Waals surface area contributed by atoms with Crippen molar-refractivity contribution < 1.29 is 42.1 Å². The molecule has 70 heavy (non-hydrogen) atoms. The van der Waals surface area contributed by atoms with Crippen molar-refractivity contribution in [3.05, 3.63) is 0 Å². The Bertz CT molecular complexity index is 1150. The average Bonchev–Trinajstić information content (AvgIpc) is 3.32. The number of carbonyl (C=O) groups excluding carboxylic acids is 2. The number of phosphoric acid groups is 1. The van der Waals surface area contributed by atoms with Crippen LogP contribution in [0.2, 0.25) is 0 Å². The second kappa shape index (κ2) is 52.9. The second-order valence-corrected chi connectivity index (χ2v) is 23.9. The quantitative estimate of drug-likeness (QED) is 0.0278. The van der Waals surface area contributed by atoms with Crippen LogP contribution < -0.4 is 0 Å². The van der Waals surface area contributed by atoms with E-state index in [0.717, 1.165) is 38.5 Å². The highest BCUT2D eigenvalue weighted by Crippen LogP contribution is 2.43. The van der Waals surface area contributed by atoms with Gasteiger partial charge in [-0.25, -0.2) is 4.57 Å². The van der Waals surface area contributed by atoms with Gasteiger partial charge >= 0.3 is 19.8 Å². The van der Waals surface area contributed by atoms with Crippen molar-refractivity contribution in [3.8, 4) is 0 Å². The van der Waals surface area contributed by atoms with Crippen LogP contribution in [0.15, 0.2) is 0 Å². The van der Waals surface area contributed by atoms with E-state index in [1.807, 2.05) is 21.1 Å². The van der Waals surface area contributed by atoms with Crippen molar-refractivity contribution in [1.82, 2.24) is 0 Å². The lowest BCUT2D eigenvalue weighted by Gasteiger charge is -2.24. The van der Waals surface area contributed by atoms with E-state index in [4.69, 9.17) is 18.5 Å². The van der Waals surface area contributed by atoms with Gasteiger partial charge in [-0.3, -0.25) is 18.6 Å². The first-order valence-electron chi connectivity index (χ1n) is 30.8. The maximum atomic E-state index is 12.8. The summed E-state index contributed by atoms with van der Waals surface area (Å²) in [6.45, 7) is 4.52. The van der Waals surface area contributed by atoms with Crippen LogP contribution in [0, 0.1) is 0 Å². The largest absolute Gasteiger partial charge is 0.472 e. The summed E-state index contributed by atoms with van der Waals surface area (Å²) in [5.41, 5.74) is 0. The van der Waals surface area contributed by atoms with E-state index in [2.05, 4.69) is 13.8 Å². The van der Waals surface area contributed by atoms with Gasteiger partial charge < -0.3 is 18.9 Å². The lowest BCUT2D eigenvalue weighted by atomic mass is 10.0. The molecule has 0 spiro atoms. The molecule has 2 atom stereocenters. The number of likely N-dealkylation sites (N-methyl/N-ethyl adjacent to an activating group) is 1. The Labute approximate surface area is 435 Å². The summed E-state index contributed by atoms with van der Waals surface area (Å²) in [5.74, 6) is -0.771. The first kappa shape index (κ1) is 69.0. The molecule has 0 saturated heterocycles. The van der Waals surface area contributed by atoms with E-state index in [-0.39, 0.29) is 25.6 Å². The number of esters is 2. The summed E-state index contributed by atoms with van der Waals surface area (Å²) in [4.78, 5) is 35.7. The highest BCUT2D eigenvalue weighted by atomic mass is 31.2. The molecule has 418 valence electrons. The Morgan fingerprint density at radius 1 is 0.386 bits per heavy atom. The first-order valence-corrected chi connectivity index (χ1v) is 32.3. The lowest BCUT2D eigenvalue weighted by molar-refractivity contribution is -0.870. The molecule has 0 aromatic rings. The van der Waals surface area contributed by atoms with Crippen LogP contribution in [0.1, 0.15) is 322 Å². The Balaban J connectivity index is 4.06. The number of hydrogen-bond acceptors (Lipinski definition) is 7. The minimum atomic E-state index is -4.38. The predicted octanol–water partition coefficient (Wildman–Crippen LogP) is 19.0. The van der Waals surface area contributed by atoms with Crippen LogP contribution in [0.4, 0.5) is 0 Å². The number of phosphoric ester groups is 1. The van der Waals surface area contributed by atoms with Gasteiger partial charge in [0.15, 0.2) is 6.10 Å². The summed E-state index contributed by atoms with van der Waals surface area (Å²) < 4.78 is 34.6. The summed E-state index contributed by atoms with van der Waals surface area (Å²) in [6, 6.07) is 0. The highest BCUT2D eigenvalue weighted by molar-refractivity contribution is 7.47. The fourth-order valence-corrected chi connectivity index (χ4v) is 10.1. The minimum Gasteiger partial charge on any atom is -0.462 e. The molecule has 0 aliphatic heterocycles. The highest BCUT2D eigenvalue weighted by Gasteiger charge is 2.27. The van der Waals surface area contributed by atoms with Crippen LogP contribution in [0.3, 0.4) is 0 Å². The molecule has 1 N–H and O–H groups in total. The van der Waals surface area contributed by atoms with Crippen LogP contribution in [-0.2, 0) is 32.7 Å². The third-order valence-corrected chi connectivity index (χ3v) is 15.1. The maximum absolute atomic E-state index is 12.8. The molecule has 0 fully saturated rings. The second-order valence-electron chi connectivity index (χ2n) is 22.5. The monoisotopic (exact) mass is 1010 g/mol. The van der Waals surface area contributed by atoms with Crippen molar-refractivity contribution in [2.24, 2.45) is 0 Å². The van der Waals surface area contributed by atoms with Crippen LogP contribution in [0.5, 0.6) is 0 Å². The third kappa shape index (κ3) is 56.3. The third-order valence-electron chi connectivity index (χ3n) is 14.1. The summed E-state index contributed by atoms with van der Waals surface area (Å²) in [5, 5.41) is 0. The molecule has 0 rings (SSSR count). The van der Waals surface area contributed by atoms with Gasteiger partial charge in [0.05, 0.1) is 27.7 Å². The molecular weight excluding hydrogens is 894 g/mol. The van der Waals surface area contributed by atoms with Gasteiger partial charge in [0, 0.05) is 12.8 Å². The summed E-state index contributed by atoms with van der Waals surface area (Å²) in [6.07, 6.45) is 60.4. The van der Waals surface area contributed by atoms with Crippen LogP contribution >= 0.6 is 7.82 Å². The first-order chi connectivity index (χ1) is 34.0. The smallest absolute Gasteiger partial charge is 0.462 e. The van der Waals surface area contributed by atoms with Crippen LogP contribution in [-0.4, -0.2) is 74.9 Å². The molecular formula is C60H121NO8P+. The number of quaternary nitrogens is 1. The molecule has 10 heteroatoms.